The minimum Gasteiger partial charge on any atom is -0.463 e. The van der Waals surface area contributed by atoms with Crippen LogP contribution in [0, 0.1) is 5.92 Å². The maximum Gasteiger partial charge on any atom is 0.376 e. The summed E-state index contributed by atoms with van der Waals surface area (Å²) >= 11 is 0. The summed E-state index contributed by atoms with van der Waals surface area (Å²) in [5.41, 5.74) is 0. The van der Waals surface area contributed by atoms with Gasteiger partial charge in [-0.3, -0.25) is 0 Å². The predicted octanol–water partition coefficient (Wildman–Crippen LogP) is 1.86. The van der Waals surface area contributed by atoms with Crippen molar-refractivity contribution in [2.24, 2.45) is 5.92 Å². The standard InChI is InChI=1S/C12H17N3O2/c1-8-3-4-9(7-8)14-10-5-6-13-11(15-10)12(16)17-2/h5-6,8-9H,3-4,7H2,1-2H3,(H,13,14,15). The van der Waals surface area contributed by atoms with E-state index in [9.17, 15) is 4.79 Å². The van der Waals surface area contributed by atoms with E-state index in [1.54, 1.807) is 12.3 Å². The van der Waals surface area contributed by atoms with Gasteiger partial charge in [0.2, 0.25) is 5.82 Å². The fourth-order valence-electron chi connectivity index (χ4n) is 2.18. The van der Waals surface area contributed by atoms with Crippen molar-refractivity contribution in [3.63, 3.8) is 0 Å². The molecule has 1 aromatic heterocycles. The highest BCUT2D eigenvalue weighted by molar-refractivity contribution is 5.85. The first-order chi connectivity index (χ1) is 8.19. The molecule has 17 heavy (non-hydrogen) atoms. The summed E-state index contributed by atoms with van der Waals surface area (Å²) in [6.45, 7) is 2.25. The van der Waals surface area contributed by atoms with Gasteiger partial charge < -0.3 is 10.1 Å². The van der Waals surface area contributed by atoms with Gasteiger partial charge in [0.05, 0.1) is 7.11 Å². The van der Waals surface area contributed by atoms with Gasteiger partial charge in [0, 0.05) is 12.2 Å². The van der Waals surface area contributed by atoms with Crippen LogP contribution in [0.3, 0.4) is 0 Å². The molecule has 1 aliphatic carbocycles. The van der Waals surface area contributed by atoms with E-state index < -0.39 is 5.97 Å². The molecule has 0 spiro atoms. The molecule has 2 unspecified atom stereocenters. The van der Waals surface area contributed by atoms with E-state index in [2.05, 4.69) is 26.9 Å². The van der Waals surface area contributed by atoms with E-state index in [0.29, 0.717) is 11.9 Å². The summed E-state index contributed by atoms with van der Waals surface area (Å²) in [6, 6.07) is 2.22. The summed E-state index contributed by atoms with van der Waals surface area (Å²) in [6.07, 6.45) is 5.11. The van der Waals surface area contributed by atoms with Gasteiger partial charge in [0.15, 0.2) is 0 Å². The van der Waals surface area contributed by atoms with Crippen molar-refractivity contribution in [1.29, 1.82) is 0 Å². The number of hydrogen-bond acceptors (Lipinski definition) is 5. The molecule has 2 rings (SSSR count). The average Bonchev–Trinajstić information content (AvgIpc) is 2.74. The minimum absolute atomic E-state index is 0.101. The molecule has 1 aliphatic rings. The fourth-order valence-corrected chi connectivity index (χ4v) is 2.18. The Hall–Kier alpha value is -1.65. The van der Waals surface area contributed by atoms with Crippen LogP contribution in [0.25, 0.3) is 0 Å². The number of rotatable bonds is 3. The number of nitrogens with one attached hydrogen (secondary N) is 1. The average molecular weight is 235 g/mol. The lowest BCUT2D eigenvalue weighted by atomic mass is 10.1. The zero-order chi connectivity index (χ0) is 12.3. The topological polar surface area (TPSA) is 64.1 Å². The van der Waals surface area contributed by atoms with E-state index >= 15 is 0 Å². The highest BCUT2D eigenvalue weighted by Gasteiger charge is 2.21. The van der Waals surface area contributed by atoms with Crippen LogP contribution in [0.2, 0.25) is 0 Å². The monoisotopic (exact) mass is 235 g/mol. The summed E-state index contributed by atoms with van der Waals surface area (Å²) in [5.74, 6) is 1.05. The molecule has 1 fully saturated rings. The molecule has 5 nitrogen and oxygen atoms in total. The second-order valence-electron chi connectivity index (χ2n) is 4.52. The highest BCUT2D eigenvalue weighted by atomic mass is 16.5. The normalized spacial score (nSPS) is 23.4. The molecule has 92 valence electrons. The quantitative estimate of drug-likeness (QED) is 0.810. The van der Waals surface area contributed by atoms with Gasteiger partial charge in [-0.05, 0) is 31.2 Å². The van der Waals surface area contributed by atoms with Gasteiger partial charge in [-0.1, -0.05) is 6.92 Å². The van der Waals surface area contributed by atoms with Crippen LogP contribution in [-0.4, -0.2) is 29.1 Å². The predicted molar refractivity (Wildman–Crippen MR) is 63.8 cm³/mol. The number of carbonyl (C=O) groups is 1. The number of methoxy groups -OCH3 is 1. The van der Waals surface area contributed by atoms with Crippen molar-refractivity contribution in [2.75, 3.05) is 12.4 Å². The summed E-state index contributed by atoms with van der Waals surface area (Å²) < 4.78 is 4.59. The third kappa shape index (κ3) is 2.93. The van der Waals surface area contributed by atoms with Crippen LogP contribution in [0.4, 0.5) is 5.82 Å². The molecule has 0 radical (unpaired) electrons. The van der Waals surface area contributed by atoms with Crippen molar-refractivity contribution in [3.8, 4) is 0 Å². The Labute approximate surface area is 101 Å². The molecule has 2 atom stereocenters. The molecule has 0 bridgehead atoms. The highest BCUT2D eigenvalue weighted by Crippen LogP contribution is 2.26. The summed E-state index contributed by atoms with van der Waals surface area (Å²) in [5, 5.41) is 3.33. The lowest BCUT2D eigenvalue weighted by molar-refractivity contribution is 0.0587. The van der Waals surface area contributed by atoms with E-state index in [1.807, 2.05) is 0 Å². The zero-order valence-electron chi connectivity index (χ0n) is 10.1. The number of aromatic nitrogens is 2. The molecule has 1 N–H and O–H groups in total. The molecular formula is C12H17N3O2. The number of carbonyl (C=O) groups excluding carboxylic acids is 1. The molecule has 0 saturated heterocycles. The van der Waals surface area contributed by atoms with Crippen molar-refractivity contribution >= 4 is 11.8 Å². The molecule has 1 heterocycles. The largest absolute Gasteiger partial charge is 0.463 e. The first kappa shape index (κ1) is 11.8. The second-order valence-corrected chi connectivity index (χ2v) is 4.52. The van der Waals surface area contributed by atoms with Crippen molar-refractivity contribution in [2.45, 2.75) is 32.2 Å². The van der Waals surface area contributed by atoms with Crippen LogP contribution in [0.5, 0.6) is 0 Å². The number of nitrogens with zero attached hydrogens (tertiary/aromatic N) is 2. The third-order valence-corrected chi connectivity index (χ3v) is 3.07. The van der Waals surface area contributed by atoms with Gasteiger partial charge in [-0.15, -0.1) is 0 Å². The first-order valence-electron chi connectivity index (χ1n) is 5.87. The summed E-state index contributed by atoms with van der Waals surface area (Å²) in [4.78, 5) is 19.3. The van der Waals surface area contributed by atoms with E-state index in [-0.39, 0.29) is 5.82 Å². The van der Waals surface area contributed by atoms with Gasteiger partial charge in [-0.25, -0.2) is 14.8 Å². The first-order valence-corrected chi connectivity index (χ1v) is 5.87. The number of anilines is 1. The smallest absolute Gasteiger partial charge is 0.376 e. The molecule has 5 heteroatoms. The molecule has 0 aliphatic heterocycles. The number of ether oxygens (including phenoxy) is 1. The number of esters is 1. The molecular weight excluding hydrogens is 218 g/mol. The van der Waals surface area contributed by atoms with Gasteiger partial charge in [-0.2, -0.15) is 0 Å². The van der Waals surface area contributed by atoms with Crippen LogP contribution < -0.4 is 5.32 Å². The van der Waals surface area contributed by atoms with E-state index in [4.69, 9.17) is 0 Å². The van der Waals surface area contributed by atoms with Crippen LogP contribution in [0.15, 0.2) is 12.3 Å². The maximum absolute atomic E-state index is 11.3. The Morgan fingerprint density at radius 2 is 2.35 bits per heavy atom. The van der Waals surface area contributed by atoms with Crippen molar-refractivity contribution in [3.05, 3.63) is 18.1 Å². The Kier molecular flexibility index (Phi) is 3.56. The molecule has 1 aromatic rings. The lowest BCUT2D eigenvalue weighted by Crippen LogP contribution is -2.17. The van der Waals surface area contributed by atoms with E-state index in [0.717, 1.165) is 18.8 Å². The SMILES string of the molecule is COC(=O)c1nccc(NC2CCC(C)C2)n1. The fraction of sp³-hybridized carbons (Fsp3) is 0.583. The van der Waals surface area contributed by atoms with Crippen molar-refractivity contribution < 1.29 is 9.53 Å². The Balaban J connectivity index is 2.03. The van der Waals surface area contributed by atoms with Crippen LogP contribution in [0.1, 0.15) is 36.8 Å². The van der Waals surface area contributed by atoms with Crippen LogP contribution in [-0.2, 0) is 4.74 Å². The second kappa shape index (κ2) is 5.12. The maximum atomic E-state index is 11.3. The zero-order valence-corrected chi connectivity index (χ0v) is 10.1. The van der Waals surface area contributed by atoms with Crippen LogP contribution >= 0.6 is 0 Å². The van der Waals surface area contributed by atoms with Gasteiger partial charge >= 0.3 is 5.97 Å². The lowest BCUT2D eigenvalue weighted by Gasteiger charge is -2.13. The summed E-state index contributed by atoms with van der Waals surface area (Å²) in [7, 11) is 1.32. The van der Waals surface area contributed by atoms with E-state index in [1.165, 1.54) is 13.5 Å². The van der Waals surface area contributed by atoms with Crippen molar-refractivity contribution in [1.82, 2.24) is 9.97 Å². The third-order valence-electron chi connectivity index (χ3n) is 3.07. The van der Waals surface area contributed by atoms with Gasteiger partial charge in [0.1, 0.15) is 5.82 Å². The Morgan fingerprint density at radius 1 is 1.53 bits per heavy atom. The Morgan fingerprint density at radius 3 is 3.00 bits per heavy atom. The molecule has 1 saturated carbocycles. The number of hydrogen-bond donors (Lipinski definition) is 1. The van der Waals surface area contributed by atoms with Gasteiger partial charge in [0.25, 0.3) is 0 Å². The molecule has 0 amide bonds. The molecule has 0 aromatic carbocycles. The Bertz CT molecular complexity index is 408. The minimum atomic E-state index is -0.506.